The minimum absolute atomic E-state index is 0.0913. The zero-order valence-electron chi connectivity index (χ0n) is 18.2. The number of carbonyl (C=O) groups is 2. The topological polar surface area (TPSA) is 143 Å². The molecule has 1 aliphatic rings. The van der Waals surface area contributed by atoms with Gasteiger partial charge in [-0.2, -0.15) is 5.10 Å². The summed E-state index contributed by atoms with van der Waals surface area (Å²) in [6, 6.07) is 4.26. The van der Waals surface area contributed by atoms with E-state index < -0.39 is 29.1 Å². The summed E-state index contributed by atoms with van der Waals surface area (Å²) in [5.74, 6) is -0.776. The lowest BCUT2D eigenvalue weighted by atomic mass is 9.98. The van der Waals surface area contributed by atoms with Crippen LogP contribution in [-0.4, -0.2) is 44.4 Å². The first kappa shape index (κ1) is 22.8. The molecule has 1 amide bonds. The standard InChI is InChI=1S/C21H24N4O7/c1-5-16(26)25-13(11-7-8-14(31-4)15(9-11)32-17(27)6-2)10-12(23-25)18-19(28)22-21(30)24(3)20(18)29/h7-9,13,29H,5-6,10H2,1-4H3,(H,22,28,30). The largest absolute Gasteiger partial charge is 0.494 e. The van der Waals surface area contributed by atoms with Gasteiger partial charge in [-0.05, 0) is 17.7 Å². The van der Waals surface area contributed by atoms with Crippen molar-refractivity contribution in [3.05, 3.63) is 50.2 Å². The van der Waals surface area contributed by atoms with Crippen LogP contribution in [0.3, 0.4) is 0 Å². The molecule has 0 spiro atoms. The molecule has 0 radical (unpaired) electrons. The Labute approximate surface area is 182 Å². The molecule has 1 aromatic heterocycles. The molecular formula is C21H24N4O7. The van der Waals surface area contributed by atoms with E-state index in [0.717, 1.165) is 4.57 Å². The molecule has 0 saturated carbocycles. The van der Waals surface area contributed by atoms with Gasteiger partial charge in [-0.25, -0.2) is 9.80 Å². The molecule has 1 aliphatic heterocycles. The van der Waals surface area contributed by atoms with Crippen LogP contribution in [0.15, 0.2) is 32.9 Å². The predicted molar refractivity (Wildman–Crippen MR) is 114 cm³/mol. The molecule has 2 aromatic rings. The molecule has 1 atom stereocenters. The van der Waals surface area contributed by atoms with Crippen molar-refractivity contribution < 1.29 is 24.2 Å². The van der Waals surface area contributed by atoms with Crippen molar-refractivity contribution in [1.82, 2.24) is 14.6 Å². The maximum absolute atomic E-state index is 12.6. The summed E-state index contributed by atoms with van der Waals surface area (Å²) in [5, 5.41) is 15.9. The Hall–Kier alpha value is -3.89. The minimum atomic E-state index is -0.804. The summed E-state index contributed by atoms with van der Waals surface area (Å²) in [7, 11) is 2.74. The van der Waals surface area contributed by atoms with Gasteiger partial charge >= 0.3 is 11.7 Å². The monoisotopic (exact) mass is 444 g/mol. The van der Waals surface area contributed by atoms with Gasteiger partial charge in [-0.3, -0.25) is 23.9 Å². The van der Waals surface area contributed by atoms with Crippen LogP contribution in [0, 0.1) is 0 Å². The van der Waals surface area contributed by atoms with E-state index in [1.54, 1.807) is 32.0 Å². The Morgan fingerprint density at radius 2 is 1.94 bits per heavy atom. The fourth-order valence-electron chi connectivity index (χ4n) is 3.36. The summed E-state index contributed by atoms with van der Waals surface area (Å²) in [4.78, 5) is 50.7. The van der Waals surface area contributed by atoms with Gasteiger partial charge in [-0.1, -0.05) is 19.9 Å². The van der Waals surface area contributed by atoms with Crippen molar-refractivity contribution in [2.24, 2.45) is 12.1 Å². The van der Waals surface area contributed by atoms with Crippen molar-refractivity contribution >= 4 is 17.6 Å². The molecule has 1 aromatic carbocycles. The summed E-state index contributed by atoms with van der Waals surface area (Å²) < 4.78 is 11.5. The molecule has 0 fully saturated rings. The SMILES string of the molecule is CCC(=O)Oc1cc(C2CC(c3c(O)n(C)c(=O)[nH]c3=O)=NN2C(=O)CC)ccc1OC. The third kappa shape index (κ3) is 4.13. The summed E-state index contributed by atoms with van der Waals surface area (Å²) >= 11 is 0. The number of aromatic amines is 1. The number of rotatable bonds is 6. The van der Waals surface area contributed by atoms with E-state index in [-0.39, 0.29) is 42.2 Å². The molecule has 1 unspecified atom stereocenters. The van der Waals surface area contributed by atoms with Crippen LogP contribution in [0.1, 0.15) is 50.3 Å². The number of aromatic hydroxyl groups is 1. The van der Waals surface area contributed by atoms with E-state index >= 15 is 0 Å². The van der Waals surface area contributed by atoms with Gasteiger partial charge in [0.25, 0.3) is 5.56 Å². The predicted octanol–water partition coefficient (Wildman–Crippen LogP) is 1.19. The van der Waals surface area contributed by atoms with Crippen LogP contribution in [0.5, 0.6) is 17.4 Å². The molecule has 0 bridgehead atoms. The number of nitrogens with zero attached hydrogens (tertiary/aromatic N) is 3. The van der Waals surface area contributed by atoms with Gasteiger partial charge < -0.3 is 14.6 Å². The number of benzene rings is 1. The van der Waals surface area contributed by atoms with Crippen LogP contribution >= 0.6 is 0 Å². The highest BCUT2D eigenvalue weighted by Gasteiger charge is 2.35. The van der Waals surface area contributed by atoms with E-state index in [1.165, 1.54) is 19.2 Å². The molecule has 11 heteroatoms. The van der Waals surface area contributed by atoms with E-state index in [1.807, 2.05) is 0 Å². The number of aromatic nitrogens is 2. The van der Waals surface area contributed by atoms with Crippen molar-refractivity contribution in [1.29, 1.82) is 0 Å². The zero-order chi connectivity index (χ0) is 23.6. The number of methoxy groups -OCH3 is 1. The quantitative estimate of drug-likeness (QED) is 0.503. The zero-order valence-corrected chi connectivity index (χ0v) is 18.2. The Morgan fingerprint density at radius 1 is 1.22 bits per heavy atom. The van der Waals surface area contributed by atoms with Gasteiger partial charge in [0.1, 0.15) is 5.56 Å². The van der Waals surface area contributed by atoms with Gasteiger partial charge in [0.2, 0.25) is 11.8 Å². The number of H-pyrrole nitrogens is 1. The van der Waals surface area contributed by atoms with E-state index in [0.29, 0.717) is 11.3 Å². The van der Waals surface area contributed by atoms with Crippen LogP contribution < -0.4 is 20.7 Å². The Morgan fingerprint density at radius 3 is 2.56 bits per heavy atom. The first-order valence-electron chi connectivity index (χ1n) is 10.0. The van der Waals surface area contributed by atoms with Crippen LogP contribution in [0.2, 0.25) is 0 Å². The first-order valence-corrected chi connectivity index (χ1v) is 10.0. The fraction of sp³-hybridized carbons (Fsp3) is 0.381. The fourth-order valence-corrected chi connectivity index (χ4v) is 3.36. The second kappa shape index (κ2) is 9.08. The van der Waals surface area contributed by atoms with Crippen LogP contribution in [-0.2, 0) is 16.6 Å². The molecule has 3 rings (SSSR count). The number of esters is 1. The van der Waals surface area contributed by atoms with Crippen molar-refractivity contribution in [3.63, 3.8) is 0 Å². The normalized spacial score (nSPS) is 15.4. The first-order chi connectivity index (χ1) is 15.2. The lowest BCUT2D eigenvalue weighted by molar-refractivity contribution is -0.134. The van der Waals surface area contributed by atoms with E-state index in [2.05, 4.69) is 10.1 Å². The van der Waals surface area contributed by atoms with Gasteiger partial charge in [0, 0.05) is 26.3 Å². The van der Waals surface area contributed by atoms with Gasteiger partial charge in [0.15, 0.2) is 11.5 Å². The second-order valence-electron chi connectivity index (χ2n) is 7.11. The molecule has 0 saturated heterocycles. The van der Waals surface area contributed by atoms with Gasteiger partial charge in [0.05, 0.1) is 18.9 Å². The number of amides is 1. The maximum atomic E-state index is 12.6. The summed E-state index contributed by atoms with van der Waals surface area (Å²) in [6.07, 6.45) is 0.407. The highest BCUT2D eigenvalue weighted by molar-refractivity contribution is 6.04. The van der Waals surface area contributed by atoms with Crippen molar-refractivity contribution in [2.45, 2.75) is 39.2 Å². The van der Waals surface area contributed by atoms with Crippen molar-refractivity contribution in [3.8, 4) is 17.4 Å². The molecule has 170 valence electrons. The maximum Gasteiger partial charge on any atom is 0.330 e. The highest BCUT2D eigenvalue weighted by Crippen LogP contribution is 2.38. The number of hydrazone groups is 1. The molecule has 0 aliphatic carbocycles. The number of hydrogen-bond acceptors (Lipinski definition) is 8. The van der Waals surface area contributed by atoms with E-state index in [4.69, 9.17) is 9.47 Å². The Bertz CT molecular complexity index is 1210. The van der Waals surface area contributed by atoms with Gasteiger partial charge in [-0.15, -0.1) is 0 Å². The average molecular weight is 444 g/mol. The number of hydrogen-bond donors (Lipinski definition) is 2. The highest BCUT2D eigenvalue weighted by atomic mass is 16.6. The number of ether oxygens (including phenoxy) is 2. The van der Waals surface area contributed by atoms with Crippen molar-refractivity contribution in [2.75, 3.05) is 7.11 Å². The molecular weight excluding hydrogens is 420 g/mol. The summed E-state index contributed by atoms with van der Waals surface area (Å²) in [6.45, 7) is 3.33. The Balaban J connectivity index is 2.08. The smallest absolute Gasteiger partial charge is 0.330 e. The third-order valence-corrected chi connectivity index (χ3v) is 5.14. The lowest BCUT2D eigenvalue weighted by Gasteiger charge is -2.22. The molecule has 2 N–H and O–H groups in total. The lowest BCUT2D eigenvalue weighted by Crippen LogP contribution is -2.32. The average Bonchev–Trinajstić information content (AvgIpc) is 3.21. The van der Waals surface area contributed by atoms with Crippen LogP contribution in [0.25, 0.3) is 0 Å². The molecule has 2 heterocycles. The molecule has 32 heavy (non-hydrogen) atoms. The summed E-state index contributed by atoms with van der Waals surface area (Å²) in [5.41, 5.74) is -1.03. The minimum Gasteiger partial charge on any atom is -0.494 e. The van der Waals surface area contributed by atoms with E-state index in [9.17, 15) is 24.3 Å². The Kier molecular flexibility index (Phi) is 6.47. The number of nitrogens with one attached hydrogen (secondary N) is 1. The second-order valence-corrected chi connectivity index (χ2v) is 7.11. The number of carbonyl (C=O) groups excluding carboxylic acids is 2. The molecule has 11 nitrogen and oxygen atoms in total. The van der Waals surface area contributed by atoms with Crippen LogP contribution in [0.4, 0.5) is 0 Å². The third-order valence-electron chi connectivity index (χ3n) is 5.14.